The number of piperidine rings is 1. The van der Waals surface area contributed by atoms with Gasteiger partial charge in [0.1, 0.15) is 0 Å². The number of rotatable bonds is 5. The maximum atomic E-state index is 3.84. The summed E-state index contributed by atoms with van der Waals surface area (Å²) in [5.74, 6) is 0. The number of nitrogens with one attached hydrogen (secondary N) is 2. The third-order valence-electron chi connectivity index (χ3n) is 4.56. The molecule has 1 aliphatic heterocycles. The quantitative estimate of drug-likeness (QED) is 0.572. The lowest BCUT2D eigenvalue weighted by molar-refractivity contribution is 0.304. The Bertz CT molecular complexity index is 674. The molecule has 5 heteroatoms. The van der Waals surface area contributed by atoms with Crippen LogP contribution in [-0.4, -0.2) is 17.3 Å². The van der Waals surface area contributed by atoms with Gasteiger partial charge in [0.05, 0.1) is 0 Å². The van der Waals surface area contributed by atoms with Crippen LogP contribution in [0, 0.1) is 0 Å². The van der Waals surface area contributed by atoms with E-state index in [1.807, 2.05) is 11.8 Å². The SMILES string of the molecule is CC(C)(C)Sc1ccccc1CN[C@@H]1CCCN[C@@H]1c1ccccc1.Cl.Cl. The predicted molar refractivity (Wildman–Crippen MR) is 124 cm³/mol. The molecule has 0 radical (unpaired) electrons. The van der Waals surface area contributed by atoms with E-state index in [-0.39, 0.29) is 29.6 Å². The van der Waals surface area contributed by atoms with Crippen molar-refractivity contribution in [2.24, 2.45) is 0 Å². The standard InChI is InChI=1S/C22H30N2S.2ClH/c1-22(2,3)25-20-14-8-7-12-18(20)16-24-19-13-9-15-23-21(19)17-10-5-4-6-11-17;;/h4-8,10-12,14,19,21,23-24H,9,13,15-16H2,1-3H3;2*1H/t19-,21-;;/m1../s1. The van der Waals surface area contributed by atoms with E-state index in [1.54, 1.807) is 0 Å². The lowest BCUT2D eigenvalue weighted by Crippen LogP contribution is -2.45. The van der Waals surface area contributed by atoms with Crippen LogP contribution >= 0.6 is 36.6 Å². The molecule has 0 amide bonds. The summed E-state index contributed by atoms with van der Waals surface area (Å²) in [6, 6.07) is 20.5. The van der Waals surface area contributed by atoms with Gasteiger partial charge in [0.2, 0.25) is 0 Å². The Morgan fingerprint density at radius 1 is 1.00 bits per heavy atom. The van der Waals surface area contributed by atoms with Crippen molar-refractivity contribution in [2.45, 2.75) is 61.9 Å². The summed E-state index contributed by atoms with van der Waals surface area (Å²) in [6.07, 6.45) is 2.46. The van der Waals surface area contributed by atoms with Crippen LogP contribution in [0.4, 0.5) is 0 Å². The minimum Gasteiger partial charge on any atom is -0.309 e. The van der Waals surface area contributed by atoms with Crippen LogP contribution in [0.5, 0.6) is 0 Å². The fourth-order valence-corrected chi connectivity index (χ4v) is 4.52. The van der Waals surface area contributed by atoms with Crippen LogP contribution in [0.2, 0.25) is 0 Å². The van der Waals surface area contributed by atoms with Gasteiger partial charge in [0.25, 0.3) is 0 Å². The molecular formula is C22H32Cl2N2S. The minimum absolute atomic E-state index is 0. The minimum atomic E-state index is 0. The molecule has 1 heterocycles. The van der Waals surface area contributed by atoms with Crippen molar-refractivity contribution in [1.82, 2.24) is 10.6 Å². The summed E-state index contributed by atoms with van der Waals surface area (Å²) >= 11 is 1.96. The van der Waals surface area contributed by atoms with E-state index in [0.29, 0.717) is 12.1 Å². The zero-order valence-electron chi connectivity index (χ0n) is 16.4. The largest absolute Gasteiger partial charge is 0.309 e. The fraction of sp³-hybridized carbons (Fsp3) is 0.455. The van der Waals surface area contributed by atoms with Gasteiger partial charge in [-0.25, -0.2) is 0 Å². The van der Waals surface area contributed by atoms with Crippen LogP contribution < -0.4 is 10.6 Å². The lowest BCUT2D eigenvalue weighted by atomic mass is 9.92. The van der Waals surface area contributed by atoms with Crippen molar-refractivity contribution >= 4 is 36.6 Å². The summed E-state index contributed by atoms with van der Waals surface area (Å²) in [7, 11) is 0. The highest BCUT2D eigenvalue weighted by Gasteiger charge is 2.25. The molecule has 1 saturated heterocycles. The molecule has 0 aliphatic carbocycles. The molecule has 3 rings (SSSR count). The zero-order chi connectivity index (χ0) is 17.7. The maximum absolute atomic E-state index is 3.84. The molecule has 2 aromatic rings. The second-order valence-corrected chi connectivity index (χ2v) is 9.66. The highest BCUT2D eigenvalue weighted by Crippen LogP contribution is 2.34. The molecule has 0 bridgehead atoms. The number of halogens is 2. The van der Waals surface area contributed by atoms with Crippen molar-refractivity contribution in [3.8, 4) is 0 Å². The summed E-state index contributed by atoms with van der Waals surface area (Å²) < 4.78 is 0.231. The average Bonchev–Trinajstić information content (AvgIpc) is 2.61. The van der Waals surface area contributed by atoms with Crippen LogP contribution in [0.25, 0.3) is 0 Å². The Kier molecular flexibility index (Phi) is 10.2. The molecule has 2 atom stereocenters. The van der Waals surface area contributed by atoms with Gasteiger partial charge in [-0.15, -0.1) is 36.6 Å². The summed E-state index contributed by atoms with van der Waals surface area (Å²) in [6.45, 7) is 8.86. The lowest BCUT2D eigenvalue weighted by Gasteiger charge is -2.34. The molecule has 2 nitrogen and oxygen atoms in total. The molecular weight excluding hydrogens is 395 g/mol. The van der Waals surface area contributed by atoms with E-state index in [2.05, 4.69) is 86.0 Å². The predicted octanol–water partition coefficient (Wildman–Crippen LogP) is 6.00. The first-order chi connectivity index (χ1) is 12.0. The molecule has 0 saturated carbocycles. The van der Waals surface area contributed by atoms with Gasteiger partial charge >= 0.3 is 0 Å². The third-order valence-corrected chi connectivity index (χ3v) is 5.79. The molecule has 1 aliphatic rings. The van der Waals surface area contributed by atoms with E-state index < -0.39 is 0 Å². The molecule has 0 unspecified atom stereocenters. The number of hydrogen-bond donors (Lipinski definition) is 2. The molecule has 150 valence electrons. The summed E-state index contributed by atoms with van der Waals surface area (Å²) in [5, 5.41) is 7.54. The van der Waals surface area contributed by atoms with Crippen molar-refractivity contribution in [2.75, 3.05) is 6.54 Å². The molecule has 0 aromatic heterocycles. The smallest absolute Gasteiger partial charge is 0.0476 e. The van der Waals surface area contributed by atoms with Gasteiger partial charge in [-0.1, -0.05) is 69.3 Å². The zero-order valence-corrected chi connectivity index (χ0v) is 18.9. The first-order valence-corrected chi connectivity index (χ1v) is 10.1. The van der Waals surface area contributed by atoms with Gasteiger partial charge < -0.3 is 10.6 Å². The van der Waals surface area contributed by atoms with E-state index in [9.17, 15) is 0 Å². The molecule has 2 aromatic carbocycles. The van der Waals surface area contributed by atoms with Crippen molar-refractivity contribution in [3.05, 3.63) is 65.7 Å². The maximum Gasteiger partial charge on any atom is 0.0476 e. The molecule has 2 N–H and O–H groups in total. The van der Waals surface area contributed by atoms with Crippen LogP contribution in [0.1, 0.15) is 50.8 Å². The second-order valence-electron chi connectivity index (χ2n) is 7.79. The van der Waals surface area contributed by atoms with E-state index >= 15 is 0 Å². The molecule has 1 fully saturated rings. The van der Waals surface area contributed by atoms with Crippen LogP contribution in [0.3, 0.4) is 0 Å². The Balaban J connectivity index is 0.00000182. The van der Waals surface area contributed by atoms with Crippen molar-refractivity contribution in [3.63, 3.8) is 0 Å². The van der Waals surface area contributed by atoms with E-state index in [4.69, 9.17) is 0 Å². The number of thioether (sulfide) groups is 1. The normalized spacial score (nSPS) is 19.7. The van der Waals surface area contributed by atoms with Crippen LogP contribution in [0.15, 0.2) is 59.5 Å². The second kappa shape index (κ2) is 11.3. The Morgan fingerprint density at radius 2 is 1.67 bits per heavy atom. The van der Waals surface area contributed by atoms with Gasteiger partial charge in [-0.2, -0.15) is 0 Å². The van der Waals surface area contributed by atoms with Gasteiger partial charge in [-0.3, -0.25) is 0 Å². The highest BCUT2D eigenvalue weighted by atomic mass is 35.5. The molecule has 0 spiro atoms. The van der Waals surface area contributed by atoms with Crippen molar-refractivity contribution in [1.29, 1.82) is 0 Å². The number of benzene rings is 2. The summed E-state index contributed by atoms with van der Waals surface area (Å²) in [4.78, 5) is 1.39. The third kappa shape index (κ3) is 7.32. The molecule has 27 heavy (non-hydrogen) atoms. The van der Waals surface area contributed by atoms with Crippen molar-refractivity contribution < 1.29 is 0 Å². The highest BCUT2D eigenvalue weighted by molar-refractivity contribution is 8.00. The summed E-state index contributed by atoms with van der Waals surface area (Å²) in [5.41, 5.74) is 2.79. The van der Waals surface area contributed by atoms with Gasteiger partial charge in [0, 0.05) is 28.3 Å². The Labute approximate surface area is 181 Å². The first kappa shape index (κ1) is 24.3. The van der Waals surface area contributed by atoms with Gasteiger partial charge in [-0.05, 0) is 36.6 Å². The fourth-order valence-electron chi connectivity index (χ4n) is 3.44. The topological polar surface area (TPSA) is 24.1 Å². The Morgan fingerprint density at radius 3 is 2.37 bits per heavy atom. The number of hydrogen-bond acceptors (Lipinski definition) is 3. The first-order valence-electron chi connectivity index (χ1n) is 9.31. The van der Waals surface area contributed by atoms with E-state index in [1.165, 1.54) is 28.9 Å². The average molecular weight is 427 g/mol. The Hall–Kier alpha value is -0.710. The van der Waals surface area contributed by atoms with E-state index in [0.717, 1.165) is 13.1 Å². The monoisotopic (exact) mass is 426 g/mol. The van der Waals surface area contributed by atoms with Crippen LogP contribution in [-0.2, 0) is 6.54 Å². The van der Waals surface area contributed by atoms with Gasteiger partial charge in [0.15, 0.2) is 0 Å².